The highest BCUT2D eigenvalue weighted by molar-refractivity contribution is 6.28. The molecule has 0 aliphatic carbocycles. The van der Waals surface area contributed by atoms with Crippen molar-refractivity contribution in [3.63, 3.8) is 0 Å². The van der Waals surface area contributed by atoms with Crippen molar-refractivity contribution in [1.29, 1.82) is 0 Å². The van der Waals surface area contributed by atoms with Crippen LogP contribution in [0.2, 0.25) is 5.28 Å². The normalized spacial score (nSPS) is 28.4. The van der Waals surface area contributed by atoms with E-state index in [0.29, 0.717) is 13.0 Å². The monoisotopic (exact) mass is 261 g/mol. The molecule has 1 aliphatic rings. The molecule has 1 aromatic heterocycles. The molecule has 0 spiro atoms. The van der Waals surface area contributed by atoms with Crippen molar-refractivity contribution in [3.05, 3.63) is 17.3 Å². The first kappa shape index (κ1) is 12.5. The molecule has 7 heteroatoms. The van der Waals surface area contributed by atoms with Crippen LogP contribution in [0.4, 0.5) is 10.2 Å². The zero-order chi connectivity index (χ0) is 12.5. The Bertz CT molecular complexity index is 421. The predicted molar refractivity (Wildman–Crippen MR) is 60.5 cm³/mol. The Morgan fingerprint density at radius 2 is 2.53 bits per heavy atom. The average Bonchev–Trinajstić information content (AvgIpc) is 2.61. The Kier molecular flexibility index (Phi) is 3.46. The van der Waals surface area contributed by atoms with Crippen molar-refractivity contribution in [2.45, 2.75) is 25.0 Å². The highest BCUT2D eigenvalue weighted by atomic mass is 35.5. The van der Waals surface area contributed by atoms with Gasteiger partial charge in [0, 0.05) is 19.6 Å². The SMILES string of the molecule is CC1OCCC1(O)CNc1nc(Cl)ncc1F. The second kappa shape index (κ2) is 4.72. The lowest BCUT2D eigenvalue weighted by atomic mass is 9.97. The molecule has 2 heterocycles. The summed E-state index contributed by atoms with van der Waals surface area (Å²) in [6, 6.07) is 0. The third kappa shape index (κ3) is 2.65. The molecular formula is C10H13ClFN3O2. The topological polar surface area (TPSA) is 67.3 Å². The summed E-state index contributed by atoms with van der Waals surface area (Å²) in [4.78, 5) is 7.21. The highest BCUT2D eigenvalue weighted by Crippen LogP contribution is 2.26. The van der Waals surface area contributed by atoms with E-state index in [9.17, 15) is 9.50 Å². The van der Waals surface area contributed by atoms with Gasteiger partial charge in [-0.1, -0.05) is 0 Å². The molecule has 0 aromatic carbocycles. The minimum absolute atomic E-state index is 0.0162. The second-order valence-electron chi connectivity index (χ2n) is 4.06. The van der Waals surface area contributed by atoms with Crippen molar-refractivity contribution in [2.75, 3.05) is 18.5 Å². The first-order valence-electron chi connectivity index (χ1n) is 5.27. The van der Waals surface area contributed by atoms with Gasteiger partial charge in [-0.15, -0.1) is 0 Å². The Balaban J connectivity index is 2.04. The number of anilines is 1. The van der Waals surface area contributed by atoms with Gasteiger partial charge in [-0.3, -0.25) is 0 Å². The Labute approximate surface area is 103 Å². The standard InChI is InChI=1S/C10H13ClFN3O2/c1-6-10(16,2-3-17-6)5-14-8-7(12)4-13-9(11)15-8/h4,6,16H,2-3,5H2,1H3,(H,13,14,15). The maximum atomic E-state index is 13.3. The molecule has 1 aromatic rings. The Hall–Kier alpha value is -0.980. The van der Waals surface area contributed by atoms with Gasteiger partial charge in [0.05, 0.1) is 12.3 Å². The van der Waals surface area contributed by atoms with Crippen LogP contribution in [0.5, 0.6) is 0 Å². The van der Waals surface area contributed by atoms with Crippen LogP contribution in [0, 0.1) is 5.82 Å². The number of aromatic nitrogens is 2. The zero-order valence-electron chi connectivity index (χ0n) is 9.28. The fourth-order valence-electron chi connectivity index (χ4n) is 1.71. The molecule has 5 nitrogen and oxygen atoms in total. The third-order valence-corrected chi connectivity index (χ3v) is 3.12. The molecule has 0 bridgehead atoms. The molecule has 2 unspecified atom stereocenters. The molecule has 2 N–H and O–H groups in total. The summed E-state index contributed by atoms with van der Waals surface area (Å²) in [7, 11) is 0. The van der Waals surface area contributed by atoms with Crippen LogP contribution in [0.1, 0.15) is 13.3 Å². The van der Waals surface area contributed by atoms with Crippen LogP contribution in [0.15, 0.2) is 6.20 Å². The molecule has 0 saturated carbocycles. The van der Waals surface area contributed by atoms with Gasteiger partial charge in [0.2, 0.25) is 5.28 Å². The van der Waals surface area contributed by atoms with Crippen LogP contribution in [-0.4, -0.2) is 39.9 Å². The minimum atomic E-state index is -1.01. The molecule has 2 atom stereocenters. The van der Waals surface area contributed by atoms with Crippen LogP contribution >= 0.6 is 11.6 Å². The number of rotatable bonds is 3. The van der Waals surface area contributed by atoms with Crippen LogP contribution in [-0.2, 0) is 4.74 Å². The molecule has 1 fully saturated rings. The van der Waals surface area contributed by atoms with Gasteiger partial charge in [-0.2, -0.15) is 4.98 Å². The number of hydrogen-bond donors (Lipinski definition) is 2. The number of hydrogen-bond acceptors (Lipinski definition) is 5. The van der Waals surface area contributed by atoms with E-state index in [-0.39, 0.29) is 23.8 Å². The first-order chi connectivity index (χ1) is 8.01. The molecule has 0 radical (unpaired) electrons. The highest BCUT2D eigenvalue weighted by Gasteiger charge is 2.39. The average molecular weight is 262 g/mol. The van der Waals surface area contributed by atoms with Crippen molar-refractivity contribution in [1.82, 2.24) is 9.97 Å². The van der Waals surface area contributed by atoms with E-state index in [1.54, 1.807) is 6.92 Å². The molecule has 1 aliphatic heterocycles. The van der Waals surface area contributed by atoms with Gasteiger partial charge in [0.15, 0.2) is 11.6 Å². The summed E-state index contributed by atoms with van der Waals surface area (Å²) in [6.45, 7) is 2.42. The van der Waals surface area contributed by atoms with Crippen molar-refractivity contribution < 1.29 is 14.2 Å². The van der Waals surface area contributed by atoms with E-state index in [1.165, 1.54) is 0 Å². The molecule has 17 heavy (non-hydrogen) atoms. The summed E-state index contributed by atoms with van der Waals surface area (Å²) in [5.41, 5.74) is -1.01. The molecule has 94 valence electrons. The van der Waals surface area contributed by atoms with E-state index in [0.717, 1.165) is 6.20 Å². The second-order valence-corrected chi connectivity index (χ2v) is 4.39. The van der Waals surface area contributed by atoms with E-state index >= 15 is 0 Å². The van der Waals surface area contributed by atoms with E-state index in [2.05, 4.69) is 15.3 Å². The molecule has 1 saturated heterocycles. The number of nitrogens with one attached hydrogen (secondary N) is 1. The van der Waals surface area contributed by atoms with E-state index in [1.807, 2.05) is 0 Å². The van der Waals surface area contributed by atoms with E-state index < -0.39 is 11.4 Å². The molecule has 0 amide bonds. The third-order valence-electron chi connectivity index (χ3n) is 2.94. The van der Waals surface area contributed by atoms with Gasteiger partial charge < -0.3 is 15.2 Å². The zero-order valence-corrected chi connectivity index (χ0v) is 10.0. The summed E-state index contributed by atoms with van der Waals surface area (Å²) < 4.78 is 18.6. The van der Waals surface area contributed by atoms with Gasteiger partial charge >= 0.3 is 0 Å². The van der Waals surface area contributed by atoms with Crippen LogP contribution in [0.25, 0.3) is 0 Å². The number of aliphatic hydroxyl groups is 1. The largest absolute Gasteiger partial charge is 0.385 e. The lowest BCUT2D eigenvalue weighted by Gasteiger charge is -2.26. The molecular weight excluding hydrogens is 249 g/mol. The number of nitrogens with zero attached hydrogens (tertiary/aromatic N) is 2. The summed E-state index contributed by atoms with van der Waals surface area (Å²) in [5, 5.41) is 12.9. The Morgan fingerprint density at radius 1 is 1.76 bits per heavy atom. The van der Waals surface area contributed by atoms with Crippen molar-refractivity contribution in [3.8, 4) is 0 Å². The first-order valence-corrected chi connectivity index (χ1v) is 5.65. The van der Waals surface area contributed by atoms with Gasteiger partial charge in [-0.05, 0) is 18.5 Å². The number of halogens is 2. The maximum absolute atomic E-state index is 13.3. The van der Waals surface area contributed by atoms with Crippen LogP contribution < -0.4 is 5.32 Å². The van der Waals surface area contributed by atoms with Crippen LogP contribution in [0.3, 0.4) is 0 Å². The molecule has 2 rings (SSSR count). The lowest BCUT2D eigenvalue weighted by Crippen LogP contribution is -2.43. The smallest absolute Gasteiger partial charge is 0.224 e. The number of ether oxygens (including phenoxy) is 1. The van der Waals surface area contributed by atoms with Crippen molar-refractivity contribution >= 4 is 17.4 Å². The fraction of sp³-hybridized carbons (Fsp3) is 0.600. The summed E-state index contributed by atoms with van der Waals surface area (Å²) in [6.07, 6.45) is 1.19. The van der Waals surface area contributed by atoms with Gasteiger partial charge in [0.1, 0.15) is 5.60 Å². The minimum Gasteiger partial charge on any atom is -0.385 e. The fourth-order valence-corrected chi connectivity index (χ4v) is 1.84. The van der Waals surface area contributed by atoms with Gasteiger partial charge in [0.25, 0.3) is 0 Å². The lowest BCUT2D eigenvalue weighted by molar-refractivity contribution is -0.0176. The Morgan fingerprint density at radius 3 is 3.18 bits per heavy atom. The predicted octanol–water partition coefficient (Wildman–Crippen LogP) is 1.22. The summed E-state index contributed by atoms with van der Waals surface area (Å²) >= 11 is 5.56. The maximum Gasteiger partial charge on any atom is 0.224 e. The van der Waals surface area contributed by atoms with Gasteiger partial charge in [-0.25, -0.2) is 9.37 Å². The van der Waals surface area contributed by atoms with E-state index in [4.69, 9.17) is 16.3 Å². The van der Waals surface area contributed by atoms with Crippen molar-refractivity contribution in [2.24, 2.45) is 0 Å². The quantitative estimate of drug-likeness (QED) is 0.801. The summed E-state index contributed by atoms with van der Waals surface area (Å²) in [5.74, 6) is -0.623.